The number of amides is 2. The molecule has 2 aromatic carbocycles. The molecule has 2 aromatic rings. The highest BCUT2D eigenvalue weighted by atomic mass is 32.2. The number of para-hydroxylation sites is 1. The lowest BCUT2D eigenvalue weighted by Crippen LogP contribution is -2.43. The maximum atomic E-state index is 13.3. The standard InChI is InChI=1S/C18H16F2N2O2S/c1-11(12-6-7-13(19)14(20)8-12)21-17(23)9-22-15-4-2-3-5-16(15)25-10-18(22)24/h2-8,11H,9-10H2,1H3,(H,21,23). The summed E-state index contributed by atoms with van der Waals surface area (Å²) in [7, 11) is 0. The molecule has 1 heterocycles. The molecule has 0 aliphatic carbocycles. The van der Waals surface area contributed by atoms with Crippen LogP contribution in [0.4, 0.5) is 14.5 Å². The molecule has 0 fully saturated rings. The molecule has 0 aromatic heterocycles. The number of nitrogens with zero attached hydrogens (tertiary/aromatic N) is 1. The number of hydrogen-bond acceptors (Lipinski definition) is 3. The molecule has 4 nitrogen and oxygen atoms in total. The zero-order valence-corrected chi connectivity index (χ0v) is 14.3. The van der Waals surface area contributed by atoms with E-state index in [1.54, 1.807) is 13.0 Å². The Morgan fingerprint density at radius 2 is 2.00 bits per heavy atom. The topological polar surface area (TPSA) is 49.4 Å². The first kappa shape index (κ1) is 17.4. The van der Waals surface area contributed by atoms with Crippen molar-refractivity contribution in [2.24, 2.45) is 0 Å². The van der Waals surface area contributed by atoms with Crippen molar-refractivity contribution in [1.82, 2.24) is 5.32 Å². The molecule has 3 rings (SSSR count). The fourth-order valence-corrected chi connectivity index (χ4v) is 3.56. The van der Waals surface area contributed by atoms with E-state index in [0.717, 1.165) is 17.0 Å². The van der Waals surface area contributed by atoms with Gasteiger partial charge in [0.05, 0.1) is 17.5 Å². The van der Waals surface area contributed by atoms with Crippen LogP contribution in [0.25, 0.3) is 0 Å². The Labute approximate surface area is 148 Å². The number of anilines is 1. The SMILES string of the molecule is CC(NC(=O)CN1C(=O)CSc2ccccc21)c1ccc(F)c(F)c1. The van der Waals surface area contributed by atoms with Crippen molar-refractivity contribution < 1.29 is 18.4 Å². The molecule has 1 aliphatic rings. The Hall–Kier alpha value is -2.41. The van der Waals surface area contributed by atoms with Crippen molar-refractivity contribution in [3.63, 3.8) is 0 Å². The third kappa shape index (κ3) is 3.82. The number of carbonyl (C=O) groups is 2. The predicted octanol–water partition coefficient (Wildman–Crippen LogP) is 3.28. The number of rotatable bonds is 4. The van der Waals surface area contributed by atoms with Gasteiger partial charge in [-0.2, -0.15) is 0 Å². The molecule has 1 aliphatic heterocycles. The van der Waals surface area contributed by atoms with Crippen LogP contribution in [0, 0.1) is 11.6 Å². The number of fused-ring (bicyclic) bond motifs is 1. The van der Waals surface area contributed by atoms with Crippen LogP contribution in [0.15, 0.2) is 47.4 Å². The highest BCUT2D eigenvalue weighted by Crippen LogP contribution is 2.34. The first-order valence-electron chi connectivity index (χ1n) is 7.72. The van der Waals surface area contributed by atoms with Gasteiger partial charge in [0.15, 0.2) is 11.6 Å². The molecule has 0 bridgehead atoms. The second-order valence-electron chi connectivity index (χ2n) is 5.70. The third-order valence-electron chi connectivity index (χ3n) is 3.93. The van der Waals surface area contributed by atoms with Crippen molar-refractivity contribution in [2.75, 3.05) is 17.2 Å². The van der Waals surface area contributed by atoms with Gasteiger partial charge in [-0.25, -0.2) is 8.78 Å². The Morgan fingerprint density at radius 1 is 1.24 bits per heavy atom. The van der Waals surface area contributed by atoms with E-state index in [1.807, 2.05) is 18.2 Å². The molecule has 0 radical (unpaired) electrons. The summed E-state index contributed by atoms with van der Waals surface area (Å²) in [6.45, 7) is 1.55. The van der Waals surface area contributed by atoms with Gasteiger partial charge in [-0.1, -0.05) is 18.2 Å². The third-order valence-corrected chi connectivity index (χ3v) is 4.98. The highest BCUT2D eigenvalue weighted by Gasteiger charge is 2.26. The minimum atomic E-state index is -0.962. The van der Waals surface area contributed by atoms with Gasteiger partial charge in [0, 0.05) is 4.90 Å². The van der Waals surface area contributed by atoms with Crippen LogP contribution in [0.1, 0.15) is 18.5 Å². The van der Waals surface area contributed by atoms with Crippen molar-refractivity contribution in [3.8, 4) is 0 Å². The van der Waals surface area contributed by atoms with Crippen molar-refractivity contribution in [2.45, 2.75) is 17.9 Å². The summed E-state index contributed by atoms with van der Waals surface area (Å²) in [6, 6.07) is 10.4. The van der Waals surface area contributed by atoms with Gasteiger partial charge in [0.2, 0.25) is 11.8 Å². The minimum absolute atomic E-state index is 0.121. The normalized spacial score (nSPS) is 14.8. The second-order valence-corrected chi connectivity index (χ2v) is 6.72. The minimum Gasteiger partial charge on any atom is -0.348 e. The summed E-state index contributed by atoms with van der Waals surface area (Å²) in [5, 5.41) is 2.71. The molecular weight excluding hydrogens is 346 g/mol. The van der Waals surface area contributed by atoms with Gasteiger partial charge in [-0.05, 0) is 36.8 Å². The van der Waals surface area contributed by atoms with E-state index in [2.05, 4.69) is 5.32 Å². The lowest BCUT2D eigenvalue weighted by molar-refractivity contribution is -0.123. The zero-order chi connectivity index (χ0) is 18.0. The fourth-order valence-electron chi connectivity index (χ4n) is 2.62. The molecule has 1 N–H and O–H groups in total. The average molecular weight is 362 g/mol. The highest BCUT2D eigenvalue weighted by molar-refractivity contribution is 8.00. The molecule has 25 heavy (non-hydrogen) atoms. The second kappa shape index (κ2) is 7.23. The molecule has 0 saturated carbocycles. The lowest BCUT2D eigenvalue weighted by Gasteiger charge is -2.28. The molecule has 0 saturated heterocycles. The summed E-state index contributed by atoms with van der Waals surface area (Å²) >= 11 is 1.44. The van der Waals surface area contributed by atoms with Crippen LogP contribution < -0.4 is 10.2 Å². The van der Waals surface area contributed by atoms with Crippen molar-refractivity contribution >= 4 is 29.3 Å². The Kier molecular flexibility index (Phi) is 5.03. The van der Waals surface area contributed by atoms with Crippen LogP contribution in [0.5, 0.6) is 0 Å². The summed E-state index contributed by atoms with van der Waals surface area (Å²) in [4.78, 5) is 26.9. The zero-order valence-electron chi connectivity index (χ0n) is 13.5. The smallest absolute Gasteiger partial charge is 0.240 e. The fraction of sp³-hybridized carbons (Fsp3) is 0.222. The van der Waals surface area contributed by atoms with Gasteiger partial charge >= 0.3 is 0 Å². The summed E-state index contributed by atoms with van der Waals surface area (Å²) in [6.07, 6.45) is 0. The molecule has 1 unspecified atom stereocenters. The van der Waals surface area contributed by atoms with E-state index in [4.69, 9.17) is 0 Å². The lowest BCUT2D eigenvalue weighted by atomic mass is 10.1. The number of nitrogens with one attached hydrogen (secondary N) is 1. The van der Waals surface area contributed by atoms with Crippen LogP contribution in [0.2, 0.25) is 0 Å². The van der Waals surface area contributed by atoms with Gasteiger partial charge in [0.1, 0.15) is 6.54 Å². The summed E-state index contributed by atoms with van der Waals surface area (Å²) in [5.41, 5.74) is 1.16. The molecule has 130 valence electrons. The van der Waals surface area contributed by atoms with E-state index in [-0.39, 0.29) is 24.1 Å². The van der Waals surface area contributed by atoms with E-state index in [0.29, 0.717) is 11.3 Å². The van der Waals surface area contributed by atoms with Gasteiger partial charge in [-0.3, -0.25) is 9.59 Å². The van der Waals surface area contributed by atoms with E-state index >= 15 is 0 Å². The molecule has 0 spiro atoms. The van der Waals surface area contributed by atoms with Crippen molar-refractivity contribution in [3.05, 3.63) is 59.7 Å². The monoisotopic (exact) mass is 362 g/mol. The molecule has 2 amide bonds. The van der Waals surface area contributed by atoms with E-state index in [9.17, 15) is 18.4 Å². The molecule has 7 heteroatoms. The number of carbonyl (C=O) groups excluding carboxylic acids is 2. The Morgan fingerprint density at radius 3 is 2.76 bits per heavy atom. The van der Waals surface area contributed by atoms with E-state index < -0.39 is 17.7 Å². The van der Waals surface area contributed by atoms with Crippen molar-refractivity contribution in [1.29, 1.82) is 0 Å². The summed E-state index contributed by atoms with van der Waals surface area (Å²) in [5.74, 6) is -2.12. The van der Waals surface area contributed by atoms with Gasteiger partial charge in [0.25, 0.3) is 0 Å². The largest absolute Gasteiger partial charge is 0.348 e. The van der Waals surface area contributed by atoms with Crippen LogP contribution in [-0.4, -0.2) is 24.1 Å². The van der Waals surface area contributed by atoms with Gasteiger partial charge < -0.3 is 10.2 Å². The van der Waals surface area contributed by atoms with E-state index in [1.165, 1.54) is 22.7 Å². The first-order chi connectivity index (χ1) is 12.0. The quantitative estimate of drug-likeness (QED) is 0.908. The maximum Gasteiger partial charge on any atom is 0.240 e. The van der Waals surface area contributed by atoms with Crippen LogP contribution >= 0.6 is 11.8 Å². The van der Waals surface area contributed by atoms with Gasteiger partial charge in [-0.15, -0.1) is 11.8 Å². The number of hydrogen-bond donors (Lipinski definition) is 1. The first-order valence-corrected chi connectivity index (χ1v) is 8.71. The Bertz CT molecular complexity index is 828. The Balaban J connectivity index is 1.70. The van der Waals surface area contributed by atoms with Crippen LogP contribution in [0.3, 0.4) is 0 Å². The number of thioether (sulfide) groups is 1. The van der Waals surface area contributed by atoms with Crippen LogP contribution in [-0.2, 0) is 9.59 Å². The predicted molar refractivity (Wildman–Crippen MR) is 92.4 cm³/mol. The molecule has 1 atom stereocenters. The summed E-state index contributed by atoms with van der Waals surface area (Å²) < 4.78 is 26.3. The number of benzene rings is 2. The average Bonchev–Trinajstić information content (AvgIpc) is 2.59. The number of halogens is 2. The molecular formula is C18H16F2N2O2S. The maximum absolute atomic E-state index is 13.3.